The summed E-state index contributed by atoms with van der Waals surface area (Å²) in [5.74, 6) is 0. The second kappa shape index (κ2) is 5.93. The van der Waals surface area contributed by atoms with Crippen molar-refractivity contribution in [2.75, 3.05) is 10.5 Å². The van der Waals surface area contributed by atoms with Crippen LogP contribution >= 0.6 is 34.8 Å². The summed E-state index contributed by atoms with van der Waals surface area (Å²) in [6.07, 6.45) is 0. The summed E-state index contributed by atoms with van der Waals surface area (Å²) >= 11 is 17.7. The van der Waals surface area contributed by atoms with E-state index in [0.29, 0.717) is 10.7 Å². The molecule has 0 spiro atoms. The van der Waals surface area contributed by atoms with Crippen LogP contribution in [-0.4, -0.2) is 8.42 Å². The van der Waals surface area contributed by atoms with Gasteiger partial charge in [-0.3, -0.25) is 4.72 Å². The molecule has 21 heavy (non-hydrogen) atoms. The number of sulfonamides is 1. The molecule has 0 atom stereocenters. The molecular weight excluding hydrogens is 355 g/mol. The van der Waals surface area contributed by atoms with Gasteiger partial charge in [-0.05, 0) is 36.8 Å². The van der Waals surface area contributed by atoms with E-state index in [1.165, 1.54) is 18.2 Å². The molecular formula is C13H11Cl3N2O2S. The zero-order valence-corrected chi connectivity index (χ0v) is 13.9. The van der Waals surface area contributed by atoms with Crippen molar-refractivity contribution in [2.45, 2.75) is 11.8 Å². The number of benzene rings is 2. The number of halogens is 3. The fourth-order valence-corrected chi connectivity index (χ4v) is 3.94. The number of rotatable bonds is 3. The molecule has 3 N–H and O–H groups in total. The van der Waals surface area contributed by atoms with Crippen molar-refractivity contribution >= 4 is 56.2 Å². The monoisotopic (exact) mass is 364 g/mol. The van der Waals surface area contributed by atoms with Crippen molar-refractivity contribution < 1.29 is 8.42 Å². The topological polar surface area (TPSA) is 72.2 Å². The minimum Gasteiger partial charge on any atom is -0.398 e. The summed E-state index contributed by atoms with van der Waals surface area (Å²) in [6.45, 7) is 1.81. The lowest BCUT2D eigenvalue weighted by molar-refractivity contribution is 0.601. The fourth-order valence-electron chi connectivity index (χ4n) is 1.73. The summed E-state index contributed by atoms with van der Waals surface area (Å²) < 4.78 is 27.2. The normalized spacial score (nSPS) is 11.4. The van der Waals surface area contributed by atoms with Gasteiger partial charge in [-0.1, -0.05) is 40.9 Å². The first-order valence-corrected chi connectivity index (χ1v) is 8.36. The number of anilines is 2. The molecule has 0 heterocycles. The van der Waals surface area contributed by atoms with Gasteiger partial charge in [-0.15, -0.1) is 0 Å². The highest BCUT2D eigenvalue weighted by Gasteiger charge is 2.22. The van der Waals surface area contributed by atoms with Gasteiger partial charge in [0.05, 0.1) is 16.4 Å². The lowest BCUT2D eigenvalue weighted by atomic mass is 10.2. The number of hydrogen-bond acceptors (Lipinski definition) is 3. The summed E-state index contributed by atoms with van der Waals surface area (Å²) in [5, 5.41) is 0.658. The van der Waals surface area contributed by atoms with E-state index in [2.05, 4.69) is 4.72 Å². The van der Waals surface area contributed by atoms with Gasteiger partial charge in [0, 0.05) is 10.0 Å². The molecule has 0 saturated carbocycles. The van der Waals surface area contributed by atoms with Crippen molar-refractivity contribution in [3.05, 3.63) is 51.0 Å². The van der Waals surface area contributed by atoms with Crippen LogP contribution in [0.4, 0.5) is 11.4 Å². The van der Waals surface area contributed by atoms with Gasteiger partial charge in [-0.25, -0.2) is 8.42 Å². The Kier molecular flexibility index (Phi) is 4.58. The number of aryl methyl sites for hydroxylation is 1. The van der Waals surface area contributed by atoms with Gasteiger partial charge in [0.15, 0.2) is 0 Å². The third kappa shape index (κ3) is 3.55. The van der Waals surface area contributed by atoms with Gasteiger partial charge < -0.3 is 5.73 Å². The van der Waals surface area contributed by atoms with Crippen LogP contribution in [0.25, 0.3) is 0 Å². The lowest BCUT2D eigenvalue weighted by Gasteiger charge is -2.12. The Morgan fingerprint density at radius 1 is 1.05 bits per heavy atom. The second-order valence-electron chi connectivity index (χ2n) is 4.38. The molecule has 0 fully saturated rings. The largest absolute Gasteiger partial charge is 0.398 e. The fraction of sp³-hybridized carbons (Fsp3) is 0.0769. The van der Waals surface area contributed by atoms with Crippen LogP contribution in [0.1, 0.15) is 5.56 Å². The number of nitrogens with one attached hydrogen (secondary N) is 1. The zero-order valence-electron chi connectivity index (χ0n) is 10.8. The van der Waals surface area contributed by atoms with E-state index >= 15 is 0 Å². The molecule has 0 aliphatic carbocycles. The van der Waals surface area contributed by atoms with E-state index in [-0.39, 0.29) is 20.6 Å². The van der Waals surface area contributed by atoms with Gasteiger partial charge in [0.25, 0.3) is 10.0 Å². The number of hydrogen-bond donors (Lipinski definition) is 2. The first-order valence-electron chi connectivity index (χ1n) is 5.74. The number of nitrogens with two attached hydrogens (primary N) is 1. The van der Waals surface area contributed by atoms with E-state index in [1.54, 1.807) is 12.1 Å². The second-order valence-corrected chi connectivity index (χ2v) is 7.25. The van der Waals surface area contributed by atoms with Gasteiger partial charge >= 0.3 is 0 Å². The first kappa shape index (κ1) is 16.2. The van der Waals surface area contributed by atoms with E-state index in [4.69, 9.17) is 40.5 Å². The van der Waals surface area contributed by atoms with Crippen LogP contribution in [0, 0.1) is 6.92 Å². The molecule has 0 aliphatic rings. The molecule has 2 aromatic rings. The van der Waals surface area contributed by atoms with Crippen molar-refractivity contribution in [1.82, 2.24) is 0 Å². The van der Waals surface area contributed by atoms with E-state index in [1.807, 2.05) is 6.92 Å². The average Bonchev–Trinajstić information content (AvgIpc) is 2.31. The Morgan fingerprint density at radius 3 is 2.29 bits per heavy atom. The summed E-state index contributed by atoms with van der Waals surface area (Å²) in [4.78, 5) is -0.217. The highest BCUT2D eigenvalue weighted by Crippen LogP contribution is 2.32. The minimum absolute atomic E-state index is 0.0294. The van der Waals surface area contributed by atoms with Crippen LogP contribution in [-0.2, 0) is 10.0 Å². The summed E-state index contributed by atoms with van der Waals surface area (Å²) in [5.41, 5.74) is 6.82. The molecule has 0 bridgehead atoms. The lowest BCUT2D eigenvalue weighted by Crippen LogP contribution is -2.15. The third-order valence-electron chi connectivity index (χ3n) is 2.73. The molecule has 0 amide bonds. The first-order chi connectivity index (χ1) is 9.70. The SMILES string of the molecule is Cc1ccc(NS(=O)(=O)c2c(N)cc(Cl)cc2Cl)cc1Cl. The Labute approximate surface area is 137 Å². The van der Waals surface area contributed by atoms with E-state index in [9.17, 15) is 8.42 Å². The zero-order chi connectivity index (χ0) is 15.8. The standard InChI is InChI=1S/C13H11Cl3N2O2S/c1-7-2-3-9(6-10(7)15)18-21(19,20)13-11(16)4-8(14)5-12(13)17/h2-6,18H,17H2,1H3. The van der Waals surface area contributed by atoms with E-state index in [0.717, 1.165) is 5.56 Å². The predicted octanol–water partition coefficient (Wildman–Crippen LogP) is 4.34. The quantitative estimate of drug-likeness (QED) is 0.795. The average molecular weight is 366 g/mol. The highest BCUT2D eigenvalue weighted by atomic mass is 35.5. The molecule has 2 rings (SSSR count). The highest BCUT2D eigenvalue weighted by molar-refractivity contribution is 7.93. The van der Waals surface area contributed by atoms with Crippen molar-refractivity contribution in [1.29, 1.82) is 0 Å². The Morgan fingerprint density at radius 2 is 1.71 bits per heavy atom. The van der Waals surface area contributed by atoms with Crippen molar-refractivity contribution in [3.8, 4) is 0 Å². The molecule has 2 aromatic carbocycles. The molecule has 0 saturated heterocycles. The molecule has 8 heteroatoms. The molecule has 112 valence electrons. The molecule has 4 nitrogen and oxygen atoms in total. The van der Waals surface area contributed by atoms with Crippen LogP contribution in [0.3, 0.4) is 0 Å². The van der Waals surface area contributed by atoms with E-state index < -0.39 is 10.0 Å². The molecule has 0 radical (unpaired) electrons. The minimum atomic E-state index is -3.95. The van der Waals surface area contributed by atoms with Gasteiger partial charge in [0.1, 0.15) is 4.90 Å². The maximum Gasteiger partial charge on any atom is 0.265 e. The maximum atomic E-state index is 12.4. The molecule has 0 aromatic heterocycles. The van der Waals surface area contributed by atoms with Crippen molar-refractivity contribution in [3.63, 3.8) is 0 Å². The van der Waals surface area contributed by atoms with Crippen LogP contribution in [0.2, 0.25) is 15.1 Å². The van der Waals surface area contributed by atoms with Gasteiger partial charge in [-0.2, -0.15) is 0 Å². The molecule has 0 unspecified atom stereocenters. The Balaban J connectivity index is 2.46. The smallest absolute Gasteiger partial charge is 0.265 e. The summed E-state index contributed by atoms with van der Waals surface area (Å²) in [6, 6.07) is 7.44. The maximum absolute atomic E-state index is 12.4. The number of nitrogen functional groups attached to an aromatic ring is 1. The summed E-state index contributed by atoms with van der Waals surface area (Å²) in [7, 11) is -3.95. The van der Waals surface area contributed by atoms with Crippen LogP contribution in [0.15, 0.2) is 35.2 Å². The van der Waals surface area contributed by atoms with Crippen LogP contribution < -0.4 is 10.5 Å². The predicted molar refractivity (Wildman–Crippen MR) is 87.9 cm³/mol. The third-order valence-corrected chi connectivity index (χ3v) is 5.26. The van der Waals surface area contributed by atoms with Crippen molar-refractivity contribution in [2.24, 2.45) is 0 Å². The Hall–Kier alpha value is -1.14. The van der Waals surface area contributed by atoms with Gasteiger partial charge in [0.2, 0.25) is 0 Å². The Bertz CT molecular complexity index is 784. The molecule has 0 aliphatic heterocycles. The van der Waals surface area contributed by atoms with Crippen LogP contribution in [0.5, 0.6) is 0 Å².